The number of nitrogens with one attached hydrogen (secondary N) is 1. The molecule has 2 aromatic heterocycles. The van der Waals surface area contributed by atoms with Crippen molar-refractivity contribution in [3.05, 3.63) is 71.7 Å². The van der Waals surface area contributed by atoms with Crippen molar-refractivity contribution in [3.63, 3.8) is 0 Å². The zero-order chi connectivity index (χ0) is 20.4. The molecule has 144 valence electrons. The molecule has 0 aliphatic rings. The predicted molar refractivity (Wildman–Crippen MR) is 114 cm³/mol. The Morgan fingerprint density at radius 3 is 2.29 bits per heavy atom. The van der Waals surface area contributed by atoms with Gasteiger partial charge in [0.25, 0.3) is 11.6 Å². The lowest BCUT2D eigenvalue weighted by atomic mass is 10.3. The molecule has 0 atom stereocenters. The molecule has 3 aromatic rings. The van der Waals surface area contributed by atoms with Crippen LogP contribution in [0.2, 0.25) is 20.1 Å². The van der Waals surface area contributed by atoms with E-state index in [-0.39, 0.29) is 40.6 Å². The number of aromatic nitrogens is 1. The van der Waals surface area contributed by atoms with Crippen LogP contribution in [0.5, 0.6) is 0 Å². The van der Waals surface area contributed by atoms with E-state index in [0.29, 0.717) is 4.90 Å². The molecule has 0 spiro atoms. The number of nitrogens with zero attached hydrogens (tertiary/aromatic N) is 2. The first-order chi connectivity index (χ1) is 13.3. The molecule has 0 fully saturated rings. The van der Waals surface area contributed by atoms with Crippen molar-refractivity contribution in [2.24, 2.45) is 0 Å². The summed E-state index contributed by atoms with van der Waals surface area (Å²) in [4.78, 5) is 27.8. The number of hydrogen-bond acceptors (Lipinski definition) is 6. The number of para-hydroxylation sites is 1. The number of anilines is 1. The minimum Gasteiger partial charge on any atom is -0.319 e. The van der Waals surface area contributed by atoms with E-state index in [1.54, 1.807) is 18.2 Å². The monoisotopic (exact) mass is 493 g/mol. The second-order valence-electron chi connectivity index (χ2n) is 5.13. The summed E-state index contributed by atoms with van der Waals surface area (Å²) in [5.74, 6) is -0.582. The van der Waals surface area contributed by atoms with Crippen LogP contribution >= 0.6 is 69.5 Å². The smallest absolute Gasteiger partial charge is 0.294 e. The van der Waals surface area contributed by atoms with Crippen LogP contribution in [0, 0.1) is 10.1 Å². The normalized spacial score (nSPS) is 10.7. The van der Waals surface area contributed by atoms with Crippen LogP contribution in [0.15, 0.2) is 45.8 Å². The maximum atomic E-state index is 12.6. The summed E-state index contributed by atoms with van der Waals surface area (Å²) in [6.07, 6.45) is 2.75. The Kier molecular flexibility index (Phi) is 6.69. The number of halogens is 4. The summed E-state index contributed by atoms with van der Waals surface area (Å²) in [6, 6.07) is 5.94. The molecular formula is C16H7Cl4N3O3S2. The molecular weight excluding hydrogens is 488 g/mol. The van der Waals surface area contributed by atoms with Gasteiger partial charge in [0, 0.05) is 18.5 Å². The Morgan fingerprint density at radius 1 is 1.11 bits per heavy atom. The molecule has 0 aliphatic carbocycles. The number of benzene rings is 1. The van der Waals surface area contributed by atoms with Crippen molar-refractivity contribution in [1.29, 1.82) is 0 Å². The number of amides is 1. The standard InChI is InChI=1S/C16H7Cl4N3O3S2/c17-7-2-1-3-8(18)13(7)22-15(24)12-4-11(23(25)26)16(27-12)28-14-9(19)5-21-6-10(14)20/h1-6H,(H,22,24). The highest BCUT2D eigenvalue weighted by Gasteiger charge is 2.25. The number of pyridine rings is 1. The van der Waals surface area contributed by atoms with Gasteiger partial charge in [0.2, 0.25) is 0 Å². The number of rotatable bonds is 5. The van der Waals surface area contributed by atoms with Gasteiger partial charge in [-0.15, -0.1) is 11.3 Å². The topological polar surface area (TPSA) is 85.1 Å². The lowest BCUT2D eigenvalue weighted by Crippen LogP contribution is -2.10. The van der Waals surface area contributed by atoms with E-state index in [1.807, 2.05) is 0 Å². The van der Waals surface area contributed by atoms with Crippen molar-refractivity contribution >= 4 is 86.8 Å². The second kappa shape index (κ2) is 8.86. The number of nitro groups is 1. The van der Waals surface area contributed by atoms with Crippen molar-refractivity contribution in [2.75, 3.05) is 5.32 Å². The third kappa shape index (κ3) is 4.53. The molecule has 0 radical (unpaired) electrons. The van der Waals surface area contributed by atoms with Gasteiger partial charge in [0.1, 0.15) is 9.09 Å². The second-order valence-corrected chi connectivity index (χ2v) is 9.09. The van der Waals surface area contributed by atoms with Crippen LogP contribution in [0.25, 0.3) is 0 Å². The summed E-state index contributed by atoms with van der Waals surface area (Å²) in [5, 5.41) is 15.0. The van der Waals surface area contributed by atoms with Crippen molar-refractivity contribution in [3.8, 4) is 0 Å². The predicted octanol–water partition coefficient (Wildman–Crippen LogP) is 7.07. The van der Waals surface area contributed by atoms with E-state index in [1.165, 1.54) is 18.5 Å². The minimum atomic E-state index is -0.582. The Balaban J connectivity index is 1.94. The minimum absolute atomic E-state index is 0.103. The van der Waals surface area contributed by atoms with Gasteiger partial charge in [-0.3, -0.25) is 19.9 Å². The Labute approximate surface area is 186 Å². The summed E-state index contributed by atoms with van der Waals surface area (Å²) < 4.78 is 0.246. The molecule has 3 rings (SSSR count). The van der Waals surface area contributed by atoms with E-state index in [9.17, 15) is 14.9 Å². The number of carbonyl (C=O) groups is 1. The zero-order valence-electron chi connectivity index (χ0n) is 13.4. The lowest BCUT2D eigenvalue weighted by Gasteiger charge is -2.07. The van der Waals surface area contributed by atoms with Crippen molar-refractivity contribution < 1.29 is 9.72 Å². The van der Waals surface area contributed by atoms with Gasteiger partial charge in [-0.2, -0.15) is 0 Å². The summed E-state index contributed by atoms with van der Waals surface area (Å²) in [5.41, 5.74) is -0.0179. The molecule has 2 heterocycles. The first-order valence-electron chi connectivity index (χ1n) is 7.28. The maximum absolute atomic E-state index is 12.6. The van der Waals surface area contributed by atoms with Crippen LogP contribution in [0.1, 0.15) is 9.67 Å². The first kappa shape index (κ1) is 21.2. The lowest BCUT2D eigenvalue weighted by molar-refractivity contribution is -0.387. The van der Waals surface area contributed by atoms with E-state index in [4.69, 9.17) is 46.4 Å². The highest BCUT2D eigenvalue weighted by molar-refractivity contribution is 8.01. The van der Waals surface area contributed by atoms with Crippen LogP contribution < -0.4 is 5.32 Å². The van der Waals surface area contributed by atoms with E-state index in [2.05, 4.69) is 10.3 Å². The molecule has 28 heavy (non-hydrogen) atoms. The molecule has 6 nitrogen and oxygen atoms in total. The quantitative estimate of drug-likeness (QED) is 0.302. The Bertz CT molecular complexity index is 1050. The van der Waals surface area contributed by atoms with Gasteiger partial charge >= 0.3 is 0 Å². The van der Waals surface area contributed by atoms with Gasteiger partial charge in [0.15, 0.2) is 0 Å². The summed E-state index contributed by atoms with van der Waals surface area (Å²) in [6.45, 7) is 0. The SMILES string of the molecule is O=C(Nc1c(Cl)cccc1Cl)c1cc([N+](=O)[O-])c(Sc2c(Cl)cncc2Cl)s1. The molecule has 0 saturated heterocycles. The molecule has 1 amide bonds. The van der Waals surface area contributed by atoms with Crippen LogP contribution in [0.3, 0.4) is 0 Å². The zero-order valence-corrected chi connectivity index (χ0v) is 18.1. The molecule has 0 saturated carbocycles. The van der Waals surface area contributed by atoms with Crippen molar-refractivity contribution in [2.45, 2.75) is 9.10 Å². The molecule has 1 aromatic carbocycles. The maximum Gasteiger partial charge on any atom is 0.294 e. The fourth-order valence-corrected chi connectivity index (χ4v) is 5.31. The fourth-order valence-electron chi connectivity index (χ4n) is 2.06. The third-order valence-corrected chi connectivity index (χ3v) is 7.19. The highest BCUT2D eigenvalue weighted by atomic mass is 35.5. The first-order valence-corrected chi connectivity index (χ1v) is 10.4. The Morgan fingerprint density at radius 2 is 1.71 bits per heavy atom. The number of carbonyl (C=O) groups excluding carboxylic acids is 1. The van der Waals surface area contributed by atoms with E-state index < -0.39 is 10.8 Å². The van der Waals surface area contributed by atoms with E-state index in [0.717, 1.165) is 23.1 Å². The molecule has 12 heteroatoms. The fraction of sp³-hybridized carbons (Fsp3) is 0. The van der Waals surface area contributed by atoms with Gasteiger partial charge in [-0.25, -0.2) is 0 Å². The van der Waals surface area contributed by atoms with Crippen molar-refractivity contribution in [1.82, 2.24) is 4.98 Å². The molecule has 0 bridgehead atoms. The van der Waals surface area contributed by atoms with E-state index >= 15 is 0 Å². The van der Waals surface area contributed by atoms with Crippen LogP contribution in [0.4, 0.5) is 11.4 Å². The van der Waals surface area contributed by atoms with Crippen LogP contribution in [-0.2, 0) is 0 Å². The molecule has 0 unspecified atom stereocenters. The molecule has 0 aliphatic heterocycles. The van der Waals surface area contributed by atoms with Gasteiger partial charge in [0.05, 0.1) is 35.6 Å². The average Bonchev–Trinajstić information content (AvgIpc) is 3.06. The number of thiophene rings is 1. The highest BCUT2D eigenvalue weighted by Crippen LogP contribution is 2.46. The summed E-state index contributed by atoms with van der Waals surface area (Å²) >= 11 is 26.2. The van der Waals surface area contributed by atoms with Gasteiger partial charge < -0.3 is 5.32 Å². The average molecular weight is 495 g/mol. The van der Waals surface area contributed by atoms with Gasteiger partial charge in [-0.05, 0) is 12.1 Å². The third-order valence-electron chi connectivity index (χ3n) is 3.31. The van der Waals surface area contributed by atoms with Gasteiger partial charge in [-0.1, -0.05) is 64.2 Å². The molecule has 1 N–H and O–H groups in total. The van der Waals surface area contributed by atoms with Crippen LogP contribution in [-0.4, -0.2) is 15.8 Å². The Hall–Kier alpha value is -1.55. The largest absolute Gasteiger partial charge is 0.319 e. The number of hydrogen-bond donors (Lipinski definition) is 1. The summed E-state index contributed by atoms with van der Waals surface area (Å²) in [7, 11) is 0.